The molecule has 0 unspecified atom stereocenters. The molecule has 2 aromatic carbocycles. The predicted octanol–water partition coefficient (Wildman–Crippen LogP) is 6.90. The average molecular weight is 497 g/mol. The molecule has 0 aliphatic carbocycles. The molecule has 0 spiro atoms. The number of benzene rings is 2. The number of nitrogens with zero attached hydrogens (tertiary/aromatic N) is 1. The van der Waals surface area contributed by atoms with Crippen molar-refractivity contribution in [3.63, 3.8) is 0 Å². The number of carbonyl (C=O) groups excluding carboxylic acids is 1. The fourth-order valence-corrected chi connectivity index (χ4v) is 4.38. The van der Waals surface area contributed by atoms with Crippen LogP contribution in [-0.2, 0) is 10.2 Å². The van der Waals surface area contributed by atoms with Gasteiger partial charge in [0.15, 0.2) is 18.1 Å². The molecule has 0 fully saturated rings. The highest BCUT2D eigenvalue weighted by Crippen LogP contribution is 2.36. The number of hydrogen-bond acceptors (Lipinski definition) is 5. The highest BCUT2D eigenvalue weighted by Gasteiger charge is 2.27. The summed E-state index contributed by atoms with van der Waals surface area (Å²) in [6.45, 7) is 14.0. The molecule has 198 valence electrons. The Morgan fingerprint density at radius 3 is 2.31 bits per heavy atom. The van der Waals surface area contributed by atoms with Crippen LogP contribution < -0.4 is 19.6 Å². The minimum Gasteiger partial charge on any atom is -0.493 e. The molecular weight excluding hydrogens is 452 g/mol. The van der Waals surface area contributed by atoms with Crippen molar-refractivity contribution < 1.29 is 19.0 Å². The van der Waals surface area contributed by atoms with Crippen molar-refractivity contribution in [2.45, 2.75) is 79.1 Å². The number of hydrazone groups is 1. The molecule has 6 heteroatoms. The second-order valence-corrected chi connectivity index (χ2v) is 11.0. The van der Waals surface area contributed by atoms with E-state index in [0.29, 0.717) is 23.9 Å². The summed E-state index contributed by atoms with van der Waals surface area (Å²) in [6, 6.07) is 13.5. The van der Waals surface area contributed by atoms with Crippen molar-refractivity contribution in [2.24, 2.45) is 10.5 Å². The monoisotopic (exact) mass is 496 g/mol. The molecule has 0 saturated heterocycles. The summed E-state index contributed by atoms with van der Waals surface area (Å²) >= 11 is 0. The highest BCUT2D eigenvalue weighted by molar-refractivity contribution is 5.83. The number of carbonyl (C=O) groups is 1. The van der Waals surface area contributed by atoms with Gasteiger partial charge in [-0.25, -0.2) is 5.43 Å². The zero-order valence-electron chi connectivity index (χ0n) is 23.1. The van der Waals surface area contributed by atoms with Crippen LogP contribution in [0.25, 0.3) is 0 Å². The summed E-state index contributed by atoms with van der Waals surface area (Å²) in [7, 11) is 1.61. The van der Waals surface area contributed by atoms with Gasteiger partial charge in [-0.2, -0.15) is 5.10 Å². The molecule has 2 rings (SSSR count). The SMILES string of the molecule is CCCCCCOc1ccc(/C=N\NC(=O)COc2ccc(C(C)(C)CC(C)(C)C)cc2)cc1OC. The summed E-state index contributed by atoms with van der Waals surface area (Å²) in [4.78, 5) is 12.2. The van der Waals surface area contributed by atoms with Crippen LogP contribution in [0, 0.1) is 5.41 Å². The van der Waals surface area contributed by atoms with E-state index in [2.05, 4.69) is 64.2 Å². The van der Waals surface area contributed by atoms with Crippen LogP contribution in [0.3, 0.4) is 0 Å². The zero-order chi connectivity index (χ0) is 26.6. The van der Waals surface area contributed by atoms with Gasteiger partial charge in [-0.05, 0) is 65.1 Å². The van der Waals surface area contributed by atoms with Crippen LogP contribution >= 0.6 is 0 Å². The van der Waals surface area contributed by atoms with Crippen molar-refractivity contribution in [1.29, 1.82) is 0 Å². The van der Waals surface area contributed by atoms with E-state index in [-0.39, 0.29) is 23.3 Å². The first kappa shape index (κ1) is 29.2. The van der Waals surface area contributed by atoms with Crippen LogP contribution in [-0.4, -0.2) is 32.4 Å². The molecule has 0 bridgehead atoms. The molecule has 0 radical (unpaired) electrons. The van der Waals surface area contributed by atoms with E-state index in [9.17, 15) is 4.79 Å². The van der Waals surface area contributed by atoms with Crippen LogP contribution in [0.1, 0.15) is 84.8 Å². The van der Waals surface area contributed by atoms with Gasteiger partial charge in [-0.15, -0.1) is 0 Å². The van der Waals surface area contributed by atoms with Gasteiger partial charge in [0.1, 0.15) is 5.75 Å². The fraction of sp³-hybridized carbons (Fsp3) is 0.533. The number of methoxy groups -OCH3 is 1. The summed E-state index contributed by atoms with van der Waals surface area (Å²) < 4.78 is 16.9. The van der Waals surface area contributed by atoms with Gasteiger partial charge in [-0.3, -0.25) is 4.79 Å². The summed E-state index contributed by atoms with van der Waals surface area (Å²) in [5.41, 5.74) is 4.85. The number of amides is 1. The Bertz CT molecular complexity index is 975. The Labute approximate surface area is 217 Å². The topological polar surface area (TPSA) is 69.2 Å². The van der Waals surface area contributed by atoms with Crippen molar-refractivity contribution in [3.8, 4) is 17.2 Å². The number of nitrogens with one attached hydrogen (secondary N) is 1. The maximum Gasteiger partial charge on any atom is 0.277 e. The van der Waals surface area contributed by atoms with Gasteiger partial charge in [-0.1, -0.05) is 72.9 Å². The fourth-order valence-electron chi connectivity index (χ4n) is 4.38. The van der Waals surface area contributed by atoms with Crippen LogP contribution in [0.2, 0.25) is 0 Å². The molecule has 0 heterocycles. The normalized spacial score (nSPS) is 12.0. The van der Waals surface area contributed by atoms with Gasteiger partial charge in [0.05, 0.1) is 19.9 Å². The quantitative estimate of drug-likeness (QED) is 0.175. The third kappa shape index (κ3) is 10.3. The van der Waals surface area contributed by atoms with Gasteiger partial charge in [0, 0.05) is 0 Å². The predicted molar refractivity (Wildman–Crippen MR) is 147 cm³/mol. The first-order chi connectivity index (χ1) is 17.0. The Kier molecular flexibility index (Phi) is 11.3. The standard InChI is InChI=1S/C30H44N2O4/c1-8-9-10-11-18-35-26-17-12-23(19-27(26)34-7)20-31-32-28(33)21-36-25-15-13-24(14-16-25)30(5,6)22-29(2,3)4/h12-17,19-20H,8-11,18,21-22H2,1-7H3,(H,32,33)/b31-20-. The number of ether oxygens (including phenoxy) is 3. The molecule has 0 saturated carbocycles. The van der Waals surface area contributed by atoms with Crippen molar-refractivity contribution in [3.05, 3.63) is 53.6 Å². The average Bonchev–Trinajstić information content (AvgIpc) is 2.82. The number of hydrogen-bond donors (Lipinski definition) is 1. The van der Waals surface area contributed by atoms with Crippen molar-refractivity contribution in [2.75, 3.05) is 20.3 Å². The van der Waals surface area contributed by atoms with Gasteiger partial charge >= 0.3 is 0 Å². The maximum atomic E-state index is 12.2. The minimum absolute atomic E-state index is 0.0600. The lowest BCUT2D eigenvalue weighted by atomic mass is 9.72. The second-order valence-electron chi connectivity index (χ2n) is 11.0. The molecule has 0 aromatic heterocycles. The molecule has 6 nitrogen and oxygen atoms in total. The van der Waals surface area contributed by atoms with E-state index < -0.39 is 0 Å². The lowest BCUT2D eigenvalue weighted by Gasteiger charge is -2.33. The van der Waals surface area contributed by atoms with E-state index in [4.69, 9.17) is 14.2 Å². The summed E-state index contributed by atoms with van der Waals surface area (Å²) in [6.07, 6.45) is 7.23. The van der Waals surface area contributed by atoms with Crippen LogP contribution in [0.5, 0.6) is 17.2 Å². The Morgan fingerprint density at radius 2 is 1.67 bits per heavy atom. The number of unbranched alkanes of at least 4 members (excludes halogenated alkanes) is 3. The van der Waals surface area contributed by atoms with Crippen molar-refractivity contribution >= 4 is 12.1 Å². The molecule has 0 atom stereocenters. The van der Waals surface area contributed by atoms with Gasteiger partial charge in [0.2, 0.25) is 0 Å². The second kappa shape index (κ2) is 13.9. The van der Waals surface area contributed by atoms with E-state index in [1.54, 1.807) is 13.3 Å². The molecule has 2 aromatic rings. The van der Waals surface area contributed by atoms with Crippen molar-refractivity contribution in [1.82, 2.24) is 5.43 Å². The Balaban J connectivity index is 1.82. The summed E-state index contributed by atoms with van der Waals surface area (Å²) in [5.74, 6) is 1.66. The molecular formula is C30H44N2O4. The molecule has 36 heavy (non-hydrogen) atoms. The van der Waals surface area contributed by atoms with E-state index in [1.165, 1.54) is 18.4 Å². The third-order valence-electron chi connectivity index (χ3n) is 5.82. The largest absolute Gasteiger partial charge is 0.493 e. The Hall–Kier alpha value is -3.02. The third-order valence-corrected chi connectivity index (χ3v) is 5.82. The van der Waals surface area contributed by atoms with E-state index >= 15 is 0 Å². The lowest BCUT2D eigenvalue weighted by Crippen LogP contribution is -2.25. The van der Waals surface area contributed by atoms with Crippen LogP contribution in [0.4, 0.5) is 0 Å². The molecule has 1 amide bonds. The van der Waals surface area contributed by atoms with E-state index in [0.717, 1.165) is 24.8 Å². The van der Waals surface area contributed by atoms with Crippen LogP contribution in [0.15, 0.2) is 47.6 Å². The maximum absolute atomic E-state index is 12.2. The smallest absolute Gasteiger partial charge is 0.277 e. The first-order valence-electron chi connectivity index (χ1n) is 12.9. The van der Waals surface area contributed by atoms with Gasteiger partial charge in [0.25, 0.3) is 5.91 Å². The molecule has 0 aliphatic rings. The molecule has 1 N–H and O–H groups in total. The number of rotatable bonds is 14. The molecule has 0 aliphatic heterocycles. The Morgan fingerprint density at radius 1 is 0.944 bits per heavy atom. The zero-order valence-corrected chi connectivity index (χ0v) is 23.1. The minimum atomic E-state index is -0.331. The highest BCUT2D eigenvalue weighted by atomic mass is 16.5. The van der Waals surface area contributed by atoms with E-state index in [1.807, 2.05) is 30.3 Å². The first-order valence-corrected chi connectivity index (χ1v) is 12.9. The lowest BCUT2D eigenvalue weighted by molar-refractivity contribution is -0.123. The summed E-state index contributed by atoms with van der Waals surface area (Å²) in [5, 5.41) is 4.03. The van der Waals surface area contributed by atoms with Gasteiger partial charge < -0.3 is 14.2 Å².